The van der Waals surface area contributed by atoms with Crippen LogP contribution in [0.25, 0.3) is 0 Å². The van der Waals surface area contributed by atoms with Crippen molar-refractivity contribution in [3.8, 4) is 0 Å². The van der Waals surface area contributed by atoms with Crippen LogP contribution in [0.15, 0.2) is 0 Å². The molecule has 1 heterocycles. The van der Waals surface area contributed by atoms with E-state index in [1.165, 1.54) is 45.3 Å². The lowest BCUT2D eigenvalue weighted by atomic mass is 9.85. The van der Waals surface area contributed by atoms with Gasteiger partial charge in [-0.25, -0.2) is 0 Å². The molecule has 0 aromatic heterocycles. The zero-order valence-electron chi connectivity index (χ0n) is 12.8. The van der Waals surface area contributed by atoms with Gasteiger partial charge in [-0.15, -0.1) is 0 Å². The van der Waals surface area contributed by atoms with Gasteiger partial charge in [-0.2, -0.15) is 0 Å². The number of carboxylic acids is 1. The van der Waals surface area contributed by atoms with E-state index in [-0.39, 0.29) is 5.92 Å². The number of piperidine rings is 1. The molecule has 4 nitrogen and oxygen atoms in total. The summed E-state index contributed by atoms with van der Waals surface area (Å²) in [5.41, 5.74) is 0. The van der Waals surface area contributed by atoms with Crippen LogP contribution in [-0.2, 0) is 4.79 Å². The molecule has 1 saturated heterocycles. The van der Waals surface area contributed by atoms with Gasteiger partial charge in [0.25, 0.3) is 0 Å². The van der Waals surface area contributed by atoms with Crippen molar-refractivity contribution >= 4 is 5.97 Å². The van der Waals surface area contributed by atoms with Crippen LogP contribution in [0.4, 0.5) is 0 Å². The topological polar surface area (TPSA) is 52.6 Å². The first-order valence-electron chi connectivity index (χ1n) is 8.40. The molecular formula is C16H30N2O2. The number of likely N-dealkylation sites (tertiary alicyclic amines) is 1. The van der Waals surface area contributed by atoms with Gasteiger partial charge in [0.05, 0.1) is 5.92 Å². The summed E-state index contributed by atoms with van der Waals surface area (Å²) < 4.78 is 0. The molecule has 20 heavy (non-hydrogen) atoms. The highest BCUT2D eigenvalue weighted by molar-refractivity contribution is 5.70. The third-order valence-corrected chi connectivity index (χ3v) is 4.91. The number of unbranched alkanes of at least 4 members (excludes halogenated alkanes) is 1. The third kappa shape index (κ3) is 4.74. The number of aliphatic carboxylic acids is 1. The Labute approximate surface area is 122 Å². The maximum Gasteiger partial charge on any atom is 0.306 e. The van der Waals surface area contributed by atoms with Crippen LogP contribution in [-0.4, -0.2) is 47.7 Å². The Morgan fingerprint density at radius 2 is 1.95 bits per heavy atom. The molecule has 116 valence electrons. The molecule has 2 fully saturated rings. The predicted octanol–water partition coefficient (Wildman–Crippen LogP) is 2.48. The SMILES string of the molecule is CCCCN1CCC(NC2CCCC(C(=O)O)C2)CC1. The van der Waals surface area contributed by atoms with Crippen LogP contribution in [0.3, 0.4) is 0 Å². The summed E-state index contributed by atoms with van der Waals surface area (Å²) in [5, 5.41) is 12.9. The molecule has 2 aliphatic rings. The normalized spacial score (nSPS) is 29.4. The van der Waals surface area contributed by atoms with Crippen LogP contribution in [0.5, 0.6) is 0 Å². The van der Waals surface area contributed by atoms with Gasteiger partial charge in [0.2, 0.25) is 0 Å². The molecule has 2 atom stereocenters. The Bertz CT molecular complexity index is 301. The zero-order chi connectivity index (χ0) is 14.4. The first-order chi connectivity index (χ1) is 9.69. The average Bonchev–Trinajstić information content (AvgIpc) is 2.47. The van der Waals surface area contributed by atoms with Crippen molar-refractivity contribution in [1.82, 2.24) is 10.2 Å². The molecule has 0 aromatic carbocycles. The summed E-state index contributed by atoms with van der Waals surface area (Å²) in [6, 6.07) is 1.03. The summed E-state index contributed by atoms with van der Waals surface area (Å²) in [5.74, 6) is -0.725. The molecule has 2 unspecified atom stereocenters. The minimum atomic E-state index is -0.606. The maximum absolute atomic E-state index is 11.1. The van der Waals surface area contributed by atoms with E-state index in [0.29, 0.717) is 12.1 Å². The molecular weight excluding hydrogens is 252 g/mol. The maximum atomic E-state index is 11.1. The second-order valence-corrected chi connectivity index (χ2v) is 6.53. The van der Waals surface area contributed by atoms with Crippen molar-refractivity contribution < 1.29 is 9.90 Å². The van der Waals surface area contributed by atoms with Crippen molar-refractivity contribution in [3.63, 3.8) is 0 Å². The summed E-state index contributed by atoms with van der Waals surface area (Å²) >= 11 is 0. The second-order valence-electron chi connectivity index (χ2n) is 6.53. The molecule has 0 spiro atoms. The minimum Gasteiger partial charge on any atom is -0.481 e. The number of carboxylic acid groups (broad SMARTS) is 1. The summed E-state index contributed by atoms with van der Waals surface area (Å²) in [4.78, 5) is 13.7. The highest BCUT2D eigenvalue weighted by Crippen LogP contribution is 2.25. The molecule has 0 amide bonds. The quantitative estimate of drug-likeness (QED) is 0.786. The number of nitrogens with one attached hydrogen (secondary N) is 1. The fourth-order valence-electron chi connectivity index (χ4n) is 3.60. The fourth-order valence-corrected chi connectivity index (χ4v) is 3.60. The summed E-state index contributed by atoms with van der Waals surface area (Å²) in [7, 11) is 0. The van der Waals surface area contributed by atoms with E-state index in [1.807, 2.05) is 0 Å². The molecule has 0 radical (unpaired) electrons. The van der Waals surface area contributed by atoms with Gasteiger partial charge in [-0.3, -0.25) is 4.79 Å². The van der Waals surface area contributed by atoms with E-state index in [0.717, 1.165) is 25.7 Å². The molecule has 1 aliphatic carbocycles. The second kappa shape index (κ2) is 7.99. The van der Waals surface area contributed by atoms with Crippen molar-refractivity contribution in [2.24, 2.45) is 5.92 Å². The van der Waals surface area contributed by atoms with Crippen molar-refractivity contribution in [1.29, 1.82) is 0 Å². The van der Waals surface area contributed by atoms with Crippen LogP contribution < -0.4 is 5.32 Å². The largest absolute Gasteiger partial charge is 0.481 e. The first kappa shape index (κ1) is 15.8. The average molecular weight is 282 g/mol. The Morgan fingerprint density at radius 1 is 1.20 bits per heavy atom. The van der Waals surface area contributed by atoms with E-state index >= 15 is 0 Å². The highest BCUT2D eigenvalue weighted by atomic mass is 16.4. The van der Waals surface area contributed by atoms with Crippen molar-refractivity contribution in [2.45, 2.75) is 70.4 Å². The molecule has 2 rings (SSSR count). The van der Waals surface area contributed by atoms with E-state index in [4.69, 9.17) is 5.11 Å². The van der Waals surface area contributed by atoms with Crippen LogP contribution in [0, 0.1) is 5.92 Å². The van der Waals surface area contributed by atoms with E-state index in [9.17, 15) is 4.79 Å². The lowest BCUT2D eigenvalue weighted by molar-refractivity contribution is -0.143. The first-order valence-corrected chi connectivity index (χ1v) is 8.40. The number of rotatable bonds is 6. The Hall–Kier alpha value is -0.610. The lowest BCUT2D eigenvalue weighted by Crippen LogP contribution is -2.48. The van der Waals surface area contributed by atoms with Gasteiger partial charge in [0, 0.05) is 12.1 Å². The molecule has 0 bridgehead atoms. The van der Waals surface area contributed by atoms with E-state index in [1.54, 1.807) is 0 Å². The summed E-state index contributed by atoms with van der Waals surface area (Å²) in [6.45, 7) is 5.89. The molecule has 2 N–H and O–H groups in total. The van der Waals surface area contributed by atoms with Gasteiger partial charge in [0.15, 0.2) is 0 Å². The fraction of sp³-hybridized carbons (Fsp3) is 0.938. The number of hydrogen-bond acceptors (Lipinski definition) is 3. The molecule has 4 heteroatoms. The highest BCUT2D eigenvalue weighted by Gasteiger charge is 2.29. The summed E-state index contributed by atoms with van der Waals surface area (Å²) in [6.07, 6.45) is 8.92. The monoisotopic (exact) mass is 282 g/mol. The van der Waals surface area contributed by atoms with Crippen molar-refractivity contribution in [3.05, 3.63) is 0 Å². The number of carbonyl (C=O) groups is 1. The Kier molecular flexibility index (Phi) is 6.30. The van der Waals surface area contributed by atoms with Crippen LogP contribution >= 0.6 is 0 Å². The van der Waals surface area contributed by atoms with Gasteiger partial charge < -0.3 is 15.3 Å². The standard InChI is InChI=1S/C16H30N2O2/c1-2-3-9-18-10-7-14(8-11-18)17-15-6-4-5-13(12-15)16(19)20/h13-15,17H,2-12H2,1H3,(H,19,20). The smallest absolute Gasteiger partial charge is 0.306 e. The molecule has 1 aliphatic heterocycles. The van der Waals surface area contributed by atoms with E-state index in [2.05, 4.69) is 17.1 Å². The van der Waals surface area contributed by atoms with Gasteiger partial charge in [-0.1, -0.05) is 19.8 Å². The van der Waals surface area contributed by atoms with Crippen LogP contribution in [0.2, 0.25) is 0 Å². The number of hydrogen-bond donors (Lipinski definition) is 2. The third-order valence-electron chi connectivity index (χ3n) is 4.91. The van der Waals surface area contributed by atoms with Gasteiger partial charge in [-0.05, 0) is 58.2 Å². The van der Waals surface area contributed by atoms with Gasteiger partial charge in [0.1, 0.15) is 0 Å². The van der Waals surface area contributed by atoms with E-state index < -0.39 is 5.97 Å². The Morgan fingerprint density at radius 3 is 2.60 bits per heavy atom. The minimum absolute atomic E-state index is 0.120. The zero-order valence-corrected chi connectivity index (χ0v) is 12.8. The van der Waals surface area contributed by atoms with Crippen molar-refractivity contribution in [2.75, 3.05) is 19.6 Å². The lowest BCUT2D eigenvalue weighted by Gasteiger charge is -2.36. The molecule has 0 aromatic rings. The molecule has 1 saturated carbocycles. The Balaban J connectivity index is 1.68. The predicted molar refractivity (Wildman–Crippen MR) is 80.9 cm³/mol. The van der Waals surface area contributed by atoms with Gasteiger partial charge >= 0.3 is 5.97 Å². The van der Waals surface area contributed by atoms with Crippen LogP contribution in [0.1, 0.15) is 58.3 Å². The number of nitrogens with zero attached hydrogens (tertiary/aromatic N) is 1.